The van der Waals surface area contributed by atoms with Crippen LogP contribution in [0, 0.1) is 6.92 Å². The van der Waals surface area contributed by atoms with Crippen LogP contribution in [0.15, 0.2) is 24.3 Å². The van der Waals surface area contributed by atoms with Crippen molar-refractivity contribution in [3.63, 3.8) is 0 Å². The molecule has 0 atom stereocenters. The molecule has 1 aromatic carbocycles. The Kier molecular flexibility index (Phi) is 3.53. The minimum Gasteiger partial charge on any atom is -0.478 e. The zero-order chi connectivity index (χ0) is 14.2. The highest BCUT2D eigenvalue weighted by Crippen LogP contribution is 2.30. The van der Waals surface area contributed by atoms with E-state index in [1.54, 1.807) is 18.2 Å². The number of benzene rings is 1. The third-order valence-electron chi connectivity index (χ3n) is 2.52. The standard InChI is InChI=1S/C12H9ClF2N2O2/c1-6-3-2-4-7(5-6)17-10(13)8(12(18)19)9(16-17)11(14)15/h2-5,11H,1H3,(H,18,19). The lowest BCUT2D eigenvalue weighted by Gasteiger charge is -2.03. The van der Waals surface area contributed by atoms with Crippen molar-refractivity contribution < 1.29 is 18.7 Å². The van der Waals surface area contributed by atoms with Gasteiger partial charge in [-0.15, -0.1) is 0 Å². The molecule has 0 spiro atoms. The van der Waals surface area contributed by atoms with Crippen molar-refractivity contribution in [2.75, 3.05) is 0 Å². The van der Waals surface area contributed by atoms with E-state index in [2.05, 4.69) is 5.10 Å². The number of carbonyl (C=O) groups is 1. The van der Waals surface area contributed by atoms with E-state index in [1.807, 2.05) is 13.0 Å². The maximum atomic E-state index is 12.8. The van der Waals surface area contributed by atoms with Gasteiger partial charge in [0.1, 0.15) is 16.4 Å². The van der Waals surface area contributed by atoms with Gasteiger partial charge < -0.3 is 5.11 Å². The second kappa shape index (κ2) is 4.97. The predicted molar refractivity (Wildman–Crippen MR) is 65.2 cm³/mol. The Labute approximate surface area is 112 Å². The van der Waals surface area contributed by atoms with E-state index < -0.39 is 23.7 Å². The molecule has 2 aromatic rings. The Balaban J connectivity index is 2.66. The third kappa shape index (κ3) is 2.44. The van der Waals surface area contributed by atoms with Crippen molar-refractivity contribution in [3.8, 4) is 5.69 Å². The quantitative estimate of drug-likeness (QED) is 0.940. The van der Waals surface area contributed by atoms with Gasteiger partial charge in [0.15, 0.2) is 0 Å². The van der Waals surface area contributed by atoms with Crippen molar-refractivity contribution in [3.05, 3.63) is 46.2 Å². The Hall–Kier alpha value is -1.95. The van der Waals surface area contributed by atoms with Gasteiger partial charge >= 0.3 is 5.97 Å². The van der Waals surface area contributed by atoms with E-state index in [-0.39, 0.29) is 5.15 Å². The van der Waals surface area contributed by atoms with Gasteiger partial charge in [-0.2, -0.15) is 5.10 Å². The molecule has 1 aromatic heterocycles. The number of nitrogens with zero attached hydrogens (tertiary/aromatic N) is 2. The first kappa shape index (κ1) is 13.5. The van der Waals surface area contributed by atoms with E-state index in [4.69, 9.17) is 16.7 Å². The van der Waals surface area contributed by atoms with Crippen LogP contribution in [0.3, 0.4) is 0 Å². The van der Waals surface area contributed by atoms with Crippen LogP contribution in [0.2, 0.25) is 5.15 Å². The molecule has 0 bridgehead atoms. The second-order valence-corrected chi connectivity index (χ2v) is 4.27. The molecule has 0 fully saturated rings. The Morgan fingerprint density at radius 1 is 1.47 bits per heavy atom. The first-order chi connectivity index (χ1) is 8.91. The zero-order valence-corrected chi connectivity index (χ0v) is 10.5. The average molecular weight is 287 g/mol. The van der Waals surface area contributed by atoms with Crippen LogP contribution in [0.4, 0.5) is 8.78 Å². The normalized spacial score (nSPS) is 11.0. The highest BCUT2D eigenvalue weighted by Gasteiger charge is 2.28. The molecule has 100 valence electrons. The first-order valence-corrected chi connectivity index (χ1v) is 5.66. The van der Waals surface area contributed by atoms with Gasteiger partial charge in [0.05, 0.1) is 5.69 Å². The summed E-state index contributed by atoms with van der Waals surface area (Å²) in [4.78, 5) is 11.0. The van der Waals surface area contributed by atoms with Crippen LogP contribution in [0.1, 0.15) is 28.0 Å². The SMILES string of the molecule is Cc1cccc(-n2nc(C(F)F)c(C(=O)O)c2Cl)c1. The topological polar surface area (TPSA) is 55.1 Å². The number of aromatic carboxylic acids is 1. The Bertz CT molecular complexity index is 641. The summed E-state index contributed by atoms with van der Waals surface area (Å²) >= 11 is 5.84. The van der Waals surface area contributed by atoms with Crippen molar-refractivity contribution >= 4 is 17.6 Å². The lowest BCUT2D eigenvalue weighted by molar-refractivity contribution is 0.0684. The van der Waals surface area contributed by atoms with E-state index in [0.29, 0.717) is 5.69 Å². The molecule has 0 radical (unpaired) electrons. The second-order valence-electron chi connectivity index (χ2n) is 3.91. The highest BCUT2D eigenvalue weighted by atomic mass is 35.5. The van der Waals surface area contributed by atoms with Crippen LogP contribution < -0.4 is 0 Å². The Morgan fingerprint density at radius 3 is 2.63 bits per heavy atom. The monoisotopic (exact) mass is 286 g/mol. The van der Waals surface area contributed by atoms with E-state index in [1.165, 1.54) is 0 Å². The number of carboxylic acids is 1. The minimum atomic E-state index is -3.00. The number of hydrogen-bond donors (Lipinski definition) is 1. The minimum absolute atomic E-state index is 0.339. The summed E-state index contributed by atoms with van der Waals surface area (Å²) in [6.07, 6.45) is -3.00. The van der Waals surface area contributed by atoms with Crippen LogP contribution >= 0.6 is 11.6 Å². The smallest absolute Gasteiger partial charge is 0.341 e. The van der Waals surface area contributed by atoms with Crippen LogP contribution in [-0.4, -0.2) is 20.9 Å². The van der Waals surface area contributed by atoms with Crippen LogP contribution in [0.5, 0.6) is 0 Å². The van der Waals surface area contributed by atoms with Crippen molar-refractivity contribution in [2.45, 2.75) is 13.3 Å². The third-order valence-corrected chi connectivity index (χ3v) is 2.87. The van der Waals surface area contributed by atoms with E-state index in [9.17, 15) is 13.6 Å². The molecular formula is C12H9ClF2N2O2. The number of hydrogen-bond acceptors (Lipinski definition) is 2. The molecule has 0 aliphatic rings. The molecule has 1 heterocycles. The maximum Gasteiger partial charge on any atom is 0.341 e. The fourth-order valence-corrected chi connectivity index (χ4v) is 2.01. The summed E-state index contributed by atoms with van der Waals surface area (Å²) in [5.74, 6) is -1.53. The van der Waals surface area contributed by atoms with Crippen molar-refractivity contribution in [2.24, 2.45) is 0 Å². The molecule has 0 saturated carbocycles. The van der Waals surface area contributed by atoms with Crippen molar-refractivity contribution in [1.82, 2.24) is 9.78 Å². The molecule has 0 saturated heterocycles. The van der Waals surface area contributed by atoms with Gasteiger partial charge in [-0.3, -0.25) is 0 Å². The molecule has 1 N–H and O–H groups in total. The molecule has 0 amide bonds. The molecule has 0 aliphatic carbocycles. The lowest BCUT2D eigenvalue weighted by Crippen LogP contribution is -2.01. The number of carboxylic acid groups (broad SMARTS) is 1. The summed E-state index contributed by atoms with van der Waals surface area (Å²) < 4.78 is 26.6. The summed E-state index contributed by atoms with van der Waals surface area (Å²) in [5.41, 5.74) is -0.198. The molecular weight excluding hydrogens is 278 g/mol. The summed E-state index contributed by atoms with van der Waals surface area (Å²) in [7, 11) is 0. The molecule has 0 aliphatic heterocycles. The van der Waals surface area contributed by atoms with Crippen LogP contribution in [0.25, 0.3) is 5.69 Å². The fraction of sp³-hybridized carbons (Fsp3) is 0.167. The van der Waals surface area contributed by atoms with Gasteiger partial charge in [-0.1, -0.05) is 23.7 Å². The predicted octanol–water partition coefficient (Wildman–Crippen LogP) is 3.47. The van der Waals surface area contributed by atoms with Gasteiger partial charge in [0.25, 0.3) is 6.43 Å². The highest BCUT2D eigenvalue weighted by molar-refractivity contribution is 6.33. The van der Waals surface area contributed by atoms with E-state index >= 15 is 0 Å². The molecule has 7 heteroatoms. The van der Waals surface area contributed by atoms with Gasteiger partial charge in [0, 0.05) is 0 Å². The first-order valence-electron chi connectivity index (χ1n) is 5.28. The van der Waals surface area contributed by atoms with Gasteiger partial charge in [-0.25, -0.2) is 18.3 Å². The summed E-state index contributed by atoms with van der Waals surface area (Å²) in [6, 6.07) is 6.78. The number of alkyl halides is 2. The maximum absolute atomic E-state index is 12.8. The fourth-order valence-electron chi connectivity index (χ4n) is 1.69. The number of halogens is 3. The average Bonchev–Trinajstić information content (AvgIpc) is 2.67. The lowest BCUT2D eigenvalue weighted by atomic mass is 10.2. The zero-order valence-electron chi connectivity index (χ0n) is 9.77. The Morgan fingerprint density at radius 2 is 2.16 bits per heavy atom. The summed E-state index contributed by atoms with van der Waals surface area (Å²) in [5, 5.41) is 12.2. The van der Waals surface area contributed by atoms with Crippen LogP contribution in [-0.2, 0) is 0 Å². The number of rotatable bonds is 3. The van der Waals surface area contributed by atoms with E-state index in [0.717, 1.165) is 10.2 Å². The van der Waals surface area contributed by atoms with Gasteiger partial charge in [0.2, 0.25) is 0 Å². The number of aromatic nitrogens is 2. The van der Waals surface area contributed by atoms with Gasteiger partial charge in [-0.05, 0) is 24.6 Å². The molecule has 19 heavy (non-hydrogen) atoms. The largest absolute Gasteiger partial charge is 0.478 e. The number of aryl methyl sites for hydroxylation is 1. The molecule has 0 unspecified atom stereocenters. The van der Waals surface area contributed by atoms with Crippen molar-refractivity contribution in [1.29, 1.82) is 0 Å². The molecule has 2 rings (SSSR count). The molecule has 4 nitrogen and oxygen atoms in total. The summed E-state index contributed by atoms with van der Waals surface area (Å²) in [6.45, 7) is 1.81.